The van der Waals surface area contributed by atoms with Crippen LogP contribution in [0.1, 0.15) is 11.1 Å². The molecule has 0 unspecified atom stereocenters. The second-order valence-electron chi connectivity index (χ2n) is 2.23. The molecule has 0 atom stereocenters. The van der Waals surface area contributed by atoms with Crippen molar-refractivity contribution in [3.05, 3.63) is 29.3 Å². The predicted octanol–water partition coefficient (Wildman–Crippen LogP) is 3.18. The summed E-state index contributed by atoms with van der Waals surface area (Å²) >= 11 is 6.64. The largest absolute Gasteiger partial charge is 0.508 e. The standard InChI is InChI=1S/C8H8Br2O/c9-4-6-1-2-8(11)7(3-6)5-10/h1-3,11H,4-5H2. The number of phenols is 1. The topological polar surface area (TPSA) is 20.2 Å². The van der Waals surface area contributed by atoms with Crippen molar-refractivity contribution in [2.75, 3.05) is 0 Å². The van der Waals surface area contributed by atoms with Crippen molar-refractivity contribution in [2.24, 2.45) is 0 Å². The molecule has 1 nitrogen and oxygen atoms in total. The molecular weight excluding hydrogens is 272 g/mol. The van der Waals surface area contributed by atoms with Crippen LogP contribution in [0.5, 0.6) is 5.75 Å². The molecule has 0 heterocycles. The van der Waals surface area contributed by atoms with Crippen LogP contribution in [-0.4, -0.2) is 5.11 Å². The number of alkyl halides is 2. The zero-order valence-corrected chi connectivity index (χ0v) is 9.02. The molecule has 1 rings (SSSR count). The molecule has 1 N–H and O–H groups in total. The molecule has 0 fully saturated rings. The van der Waals surface area contributed by atoms with Crippen molar-refractivity contribution >= 4 is 31.9 Å². The van der Waals surface area contributed by atoms with Gasteiger partial charge in [-0.15, -0.1) is 0 Å². The van der Waals surface area contributed by atoms with Gasteiger partial charge in [0, 0.05) is 16.2 Å². The minimum atomic E-state index is 0.353. The minimum absolute atomic E-state index is 0.353. The Hall–Kier alpha value is -0.0200. The van der Waals surface area contributed by atoms with E-state index in [1.807, 2.05) is 12.1 Å². The summed E-state index contributed by atoms with van der Waals surface area (Å²) in [6.45, 7) is 0. The van der Waals surface area contributed by atoms with Crippen LogP contribution in [0.2, 0.25) is 0 Å². The second kappa shape index (κ2) is 4.12. The van der Waals surface area contributed by atoms with Gasteiger partial charge in [0.25, 0.3) is 0 Å². The SMILES string of the molecule is Oc1ccc(CBr)cc1CBr. The Bertz CT molecular complexity index is 248. The van der Waals surface area contributed by atoms with Gasteiger partial charge in [0.2, 0.25) is 0 Å². The zero-order valence-electron chi connectivity index (χ0n) is 5.85. The van der Waals surface area contributed by atoms with Gasteiger partial charge in [-0.1, -0.05) is 44.0 Å². The quantitative estimate of drug-likeness (QED) is 0.825. The number of hydrogen-bond donors (Lipinski definition) is 1. The molecule has 0 aliphatic heterocycles. The number of phenolic OH excluding ortho intramolecular Hbond substituents is 1. The average Bonchev–Trinajstić information content (AvgIpc) is 2.05. The molecule has 0 bridgehead atoms. The molecule has 0 radical (unpaired) electrons. The maximum atomic E-state index is 9.29. The fourth-order valence-electron chi connectivity index (χ4n) is 0.829. The van der Waals surface area contributed by atoms with Crippen molar-refractivity contribution in [1.29, 1.82) is 0 Å². The van der Waals surface area contributed by atoms with Crippen LogP contribution in [-0.2, 0) is 10.7 Å². The van der Waals surface area contributed by atoms with Gasteiger partial charge in [0.1, 0.15) is 5.75 Å². The number of rotatable bonds is 2. The molecule has 1 aromatic rings. The molecule has 60 valence electrons. The maximum absolute atomic E-state index is 9.29. The summed E-state index contributed by atoms with van der Waals surface area (Å²) in [6, 6.07) is 5.59. The summed E-state index contributed by atoms with van der Waals surface area (Å²) in [6.07, 6.45) is 0. The van der Waals surface area contributed by atoms with Gasteiger partial charge in [0.05, 0.1) is 0 Å². The van der Waals surface area contributed by atoms with E-state index < -0.39 is 0 Å². The van der Waals surface area contributed by atoms with Crippen molar-refractivity contribution in [1.82, 2.24) is 0 Å². The molecule has 0 spiro atoms. The lowest BCUT2D eigenvalue weighted by Gasteiger charge is -2.01. The lowest BCUT2D eigenvalue weighted by Crippen LogP contribution is -1.82. The third-order valence-electron chi connectivity index (χ3n) is 1.44. The first-order valence-corrected chi connectivity index (χ1v) is 5.45. The van der Waals surface area contributed by atoms with Crippen LogP contribution in [0.15, 0.2) is 18.2 Å². The van der Waals surface area contributed by atoms with Crippen molar-refractivity contribution in [3.8, 4) is 5.75 Å². The number of aromatic hydroxyl groups is 1. The molecule has 1 aromatic carbocycles. The minimum Gasteiger partial charge on any atom is -0.508 e. The van der Waals surface area contributed by atoms with E-state index in [1.54, 1.807) is 6.07 Å². The van der Waals surface area contributed by atoms with Gasteiger partial charge in [-0.3, -0.25) is 0 Å². The summed E-state index contributed by atoms with van der Waals surface area (Å²) in [4.78, 5) is 0. The average molecular weight is 280 g/mol. The van der Waals surface area contributed by atoms with Crippen LogP contribution < -0.4 is 0 Å². The van der Waals surface area contributed by atoms with Crippen molar-refractivity contribution < 1.29 is 5.11 Å². The molecule has 0 saturated heterocycles. The fourth-order valence-corrected chi connectivity index (χ4v) is 1.63. The van der Waals surface area contributed by atoms with Gasteiger partial charge in [0.15, 0.2) is 0 Å². The Labute approximate surface area is 82.7 Å². The van der Waals surface area contributed by atoms with Crippen LogP contribution in [0.25, 0.3) is 0 Å². The van der Waals surface area contributed by atoms with E-state index >= 15 is 0 Å². The summed E-state index contributed by atoms with van der Waals surface area (Å²) in [5.74, 6) is 0.353. The first-order chi connectivity index (χ1) is 5.27. The first kappa shape index (κ1) is 9.07. The molecule has 0 aliphatic carbocycles. The third-order valence-corrected chi connectivity index (χ3v) is 2.69. The first-order valence-electron chi connectivity index (χ1n) is 3.20. The Balaban J connectivity index is 3.02. The summed E-state index contributed by atoms with van der Waals surface area (Å²) in [5.41, 5.74) is 2.11. The van der Waals surface area contributed by atoms with E-state index in [0.717, 1.165) is 10.9 Å². The van der Waals surface area contributed by atoms with E-state index in [2.05, 4.69) is 31.9 Å². The Morgan fingerprint density at radius 3 is 2.45 bits per heavy atom. The summed E-state index contributed by atoms with van der Waals surface area (Å²) in [7, 11) is 0. The highest BCUT2D eigenvalue weighted by molar-refractivity contribution is 9.08. The van der Waals surface area contributed by atoms with Gasteiger partial charge in [-0.05, 0) is 11.6 Å². The lowest BCUT2D eigenvalue weighted by atomic mass is 10.1. The summed E-state index contributed by atoms with van der Waals surface area (Å²) in [5, 5.41) is 10.8. The Morgan fingerprint density at radius 1 is 1.18 bits per heavy atom. The molecule has 0 saturated carbocycles. The van der Waals surface area contributed by atoms with E-state index in [1.165, 1.54) is 5.56 Å². The lowest BCUT2D eigenvalue weighted by molar-refractivity contribution is 0.470. The predicted molar refractivity (Wildman–Crippen MR) is 53.4 cm³/mol. The zero-order chi connectivity index (χ0) is 8.27. The number of halogens is 2. The molecule has 0 aliphatic rings. The van der Waals surface area contributed by atoms with Crippen molar-refractivity contribution in [2.45, 2.75) is 10.7 Å². The highest BCUT2D eigenvalue weighted by atomic mass is 79.9. The Kier molecular flexibility index (Phi) is 3.40. The fraction of sp³-hybridized carbons (Fsp3) is 0.250. The highest BCUT2D eigenvalue weighted by Gasteiger charge is 1.99. The Morgan fingerprint density at radius 2 is 1.91 bits per heavy atom. The normalized spacial score (nSPS) is 10.0. The smallest absolute Gasteiger partial charge is 0.119 e. The molecular formula is C8H8Br2O. The van der Waals surface area contributed by atoms with Crippen LogP contribution >= 0.6 is 31.9 Å². The van der Waals surface area contributed by atoms with Crippen LogP contribution in [0.3, 0.4) is 0 Å². The van der Waals surface area contributed by atoms with E-state index in [9.17, 15) is 5.11 Å². The van der Waals surface area contributed by atoms with Crippen molar-refractivity contribution in [3.63, 3.8) is 0 Å². The number of hydrogen-bond acceptors (Lipinski definition) is 1. The van der Waals surface area contributed by atoms with Gasteiger partial charge < -0.3 is 5.11 Å². The highest BCUT2D eigenvalue weighted by Crippen LogP contribution is 2.21. The third kappa shape index (κ3) is 2.20. The van der Waals surface area contributed by atoms with E-state index in [-0.39, 0.29) is 0 Å². The van der Waals surface area contributed by atoms with Gasteiger partial charge in [-0.2, -0.15) is 0 Å². The van der Waals surface area contributed by atoms with Crippen LogP contribution in [0.4, 0.5) is 0 Å². The van der Waals surface area contributed by atoms with Gasteiger partial charge in [-0.25, -0.2) is 0 Å². The van der Waals surface area contributed by atoms with Crippen LogP contribution in [0, 0.1) is 0 Å². The molecule has 3 heteroatoms. The second-order valence-corrected chi connectivity index (χ2v) is 3.35. The molecule has 11 heavy (non-hydrogen) atoms. The monoisotopic (exact) mass is 278 g/mol. The van der Waals surface area contributed by atoms with E-state index in [4.69, 9.17) is 0 Å². The number of benzene rings is 1. The van der Waals surface area contributed by atoms with E-state index in [0.29, 0.717) is 11.1 Å². The molecule has 0 amide bonds. The maximum Gasteiger partial charge on any atom is 0.119 e. The summed E-state index contributed by atoms with van der Waals surface area (Å²) < 4.78 is 0. The van der Waals surface area contributed by atoms with Gasteiger partial charge >= 0.3 is 0 Å². The molecule has 0 aromatic heterocycles.